The van der Waals surface area contributed by atoms with E-state index >= 15 is 0 Å². The van der Waals surface area contributed by atoms with E-state index in [1.54, 1.807) is 18.2 Å². The number of halogens is 1. The summed E-state index contributed by atoms with van der Waals surface area (Å²) in [5.41, 5.74) is 2.16. The number of aromatic hydroxyl groups is 1. The zero-order valence-corrected chi connectivity index (χ0v) is 15.7. The Morgan fingerprint density at radius 1 is 1.15 bits per heavy atom. The van der Waals surface area contributed by atoms with Crippen LogP contribution in [0.25, 0.3) is 11.5 Å². The van der Waals surface area contributed by atoms with E-state index in [4.69, 9.17) is 20.8 Å². The Hall–Kier alpha value is -2.70. The van der Waals surface area contributed by atoms with Crippen molar-refractivity contribution in [2.24, 2.45) is 10.2 Å². The lowest BCUT2D eigenvalue weighted by atomic mass is 10.2. The van der Waals surface area contributed by atoms with Crippen molar-refractivity contribution in [3.8, 4) is 17.4 Å². The van der Waals surface area contributed by atoms with E-state index in [-0.39, 0.29) is 17.7 Å². The number of nitrogens with zero attached hydrogens (tertiary/aromatic N) is 3. The standard InChI is InChI=1S/C20H20ClN3O3/c1-2-3-11-26-13-15-12-16(9-10-17(15)21)23-24-18-20(25)27-19(22-18)14-7-5-4-6-8-14/h4-10,12,25H,2-3,11,13H2,1H3. The van der Waals surface area contributed by atoms with Crippen LogP contribution in [0.15, 0.2) is 63.2 Å². The smallest absolute Gasteiger partial charge is 0.332 e. The second-order valence-corrected chi connectivity index (χ2v) is 6.30. The van der Waals surface area contributed by atoms with Gasteiger partial charge in [0.1, 0.15) is 0 Å². The summed E-state index contributed by atoms with van der Waals surface area (Å²) in [5, 5.41) is 18.6. The monoisotopic (exact) mass is 385 g/mol. The summed E-state index contributed by atoms with van der Waals surface area (Å²) in [7, 11) is 0. The van der Waals surface area contributed by atoms with Gasteiger partial charge in [-0.2, -0.15) is 4.98 Å². The number of ether oxygens (including phenoxy) is 1. The van der Waals surface area contributed by atoms with Gasteiger partial charge in [-0.25, -0.2) is 0 Å². The fraction of sp³-hybridized carbons (Fsp3) is 0.250. The fourth-order valence-electron chi connectivity index (χ4n) is 2.34. The molecule has 1 heterocycles. The van der Waals surface area contributed by atoms with E-state index in [1.165, 1.54) is 0 Å². The van der Waals surface area contributed by atoms with Crippen molar-refractivity contribution < 1.29 is 14.3 Å². The van der Waals surface area contributed by atoms with Gasteiger partial charge in [0.05, 0.1) is 12.3 Å². The highest BCUT2D eigenvalue weighted by molar-refractivity contribution is 6.31. The highest BCUT2D eigenvalue weighted by Gasteiger charge is 2.13. The van der Waals surface area contributed by atoms with Gasteiger partial charge in [0.15, 0.2) is 0 Å². The van der Waals surface area contributed by atoms with Crippen LogP contribution in [0, 0.1) is 0 Å². The van der Waals surface area contributed by atoms with Gasteiger partial charge in [-0.1, -0.05) is 43.1 Å². The molecule has 0 bridgehead atoms. The highest BCUT2D eigenvalue weighted by atomic mass is 35.5. The van der Waals surface area contributed by atoms with Crippen LogP contribution in [-0.2, 0) is 11.3 Å². The largest absolute Gasteiger partial charge is 0.478 e. The van der Waals surface area contributed by atoms with Crippen LogP contribution in [0.5, 0.6) is 5.95 Å². The molecule has 7 heteroatoms. The van der Waals surface area contributed by atoms with Crippen LogP contribution >= 0.6 is 11.6 Å². The summed E-state index contributed by atoms with van der Waals surface area (Å²) >= 11 is 6.20. The van der Waals surface area contributed by atoms with E-state index in [0.29, 0.717) is 23.9 Å². The third-order valence-electron chi connectivity index (χ3n) is 3.80. The molecule has 0 amide bonds. The van der Waals surface area contributed by atoms with Crippen LogP contribution < -0.4 is 0 Å². The molecule has 0 fully saturated rings. The third kappa shape index (κ3) is 5.15. The Kier molecular flexibility index (Phi) is 6.57. The number of rotatable bonds is 8. The fourth-order valence-corrected chi connectivity index (χ4v) is 2.51. The van der Waals surface area contributed by atoms with Crippen LogP contribution in [0.1, 0.15) is 25.3 Å². The van der Waals surface area contributed by atoms with Gasteiger partial charge in [-0.15, -0.1) is 10.2 Å². The summed E-state index contributed by atoms with van der Waals surface area (Å²) in [5.74, 6) is -0.0811. The van der Waals surface area contributed by atoms with Gasteiger partial charge in [0.25, 0.3) is 5.82 Å². The predicted molar refractivity (Wildman–Crippen MR) is 104 cm³/mol. The van der Waals surface area contributed by atoms with Gasteiger partial charge >= 0.3 is 5.95 Å². The van der Waals surface area contributed by atoms with Crippen molar-refractivity contribution in [3.05, 3.63) is 59.1 Å². The van der Waals surface area contributed by atoms with Crippen LogP contribution in [0.3, 0.4) is 0 Å². The molecule has 0 aliphatic carbocycles. The van der Waals surface area contributed by atoms with E-state index in [2.05, 4.69) is 22.1 Å². The molecule has 0 atom stereocenters. The Balaban J connectivity index is 1.73. The van der Waals surface area contributed by atoms with Crippen LogP contribution in [0.4, 0.5) is 11.5 Å². The molecule has 0 saturated carbocycles. The minimum Gasteiger partial charge on any atom is -0.478 e. The first-order valence-corrected chi connectivity index (χ1v) is 9.08. The molecule has 0 aliphatic heterocycles. The normalized spacial score (nSPS) is 11.3. The maximum Gasteiger partial charge on any atom is 0.332 e. The molecule has 0 spiro atoms. The van der Waals surface area contributed by atoms with Crippen molar-refractivity contribution in [1.29, 1.82) is 0 Å². The summed E-state index contributed by atoms with van der Waals surface area (Å²) < 4.78 is 10.9. The molecular formula is C20H20ClN3O3. The molecule has 0 saturated heterocycles. The number of hydrogen-bond donors (Lipinski definition) is 1. The first-order valence-electron chi connectivity index (χ1n) is 8.70. The van der Waals surface area contributed by atoms with Gasteiger partial charge in [0, 0.05) is 17.2 Å². The molecular weight excluding hydrogens is 366 g/mol. The molecule has 27 heavy (non-hydrogen) atoms. The summed E-state index contributed by atoms with van der Waals surface area (Å²) in [6, 6.07) is 14.5. The first kappa shape index (κ1) is 19.1. The molecule has 0 radical (unpaired) electrons. The van der Waals surface area contributed by atoms with Crippen LogP contribution in [-0.4, -0.2) is 16.7 Å². The number of unbranched alkanes of at least 4 members (excludes halogenated alkanes) is 1. The van der Waals surface area contributed by atoms with E-state index < -0.39 is 0 Å². The molecule has 0 aliphatic rings. The lowest BCUT2D eigenvalue weighted by Gasteiger charge is -2.06. The lowest BCUT2D eigenvalue weighted by molar-refractivity contribution is 0.118. The first-order chi connectivity index (χ1) is 13.2. The summed E-state index contributed by atoms with van der Waals surface area (Å²) in [6.07, 6.45) is 2.08. The summed E-state index contributed by atoms with van der Waals surface area (Å²) in [6.45, 7) is 3.21. The van der Waals surface area contributed by atoms with E-state index in [0.717, 1.165) is 24.0 Å². The molecule has 2 aromatic carbocycles. The molecule has 1 aromatic heterocycles. The van der Waals surface area contributed by atoms with Crippen molar-refractivity contribution in [3.63, 3.8) is 0 Å². The molecule has 1 N–H and O–H groups in total. The number of aromatic nitrogens is 1. The van der Waals surface area contributed by atoms with Gasteiger partial charge < -0.3 is 14.3 Å². The lowest BCUT2D eigenvalue weighted by Crippen LogP contribution is -1.95. The molecule has 140 valence electrons. The van der Waals surface area contributed by atoms with E-state index in [9.17, 15) is 5.11 Å². The average molecular weight is 386 g/mol. The second kappa shape index (κ2) is 9.30. The zero-order valence-electron chi connectivity index (χ0n) is 14.9. The zero-order chi connectivity index (χ0) is 19.1. The van der Waals surface area contributed by atoms with Crippen LogP contribution in [0.2, 0.25) is 5.02 Å². The number of hydrogen-bond acceptors (Lipinski definition) is 6. The predicted octanol–water partition coefficient (Wildman–Crippen LogP) is 6.43. The molecule has 3 aromatic rings. The maximum absolute atomic E-state index is 9.91. The summed E-state index contributed by atoms with van der Waals surface area (Å²) in [4.78, 5) is 4.18. The van der Waals surface area contributed by atoms with Crippen molar-refractivity contribution in [2.45, 2.75) is 26.4 Å². The van der Waals surface area contributed by atoms with Crippen molar-refractivity contribution >= 4 is 23.1 Å². The molecule has 6 nitrogen and oxygen atoms in total. The highest BCUT2D eigenvalue weighted by Crippen LogP contribution is 2.33. The average Bonchev–Trinajstić information content (AvgIpc) is 3.07. The van der Waals surface area contributed by atoms with Gasteiger partial charge in [-0.05, 0) is 42.3 Å². The Morgan fingerprint density at radius 2 is 1.96 bits per heavy atom. The SMILES string of the molecule is CCCCOCc1cc(N=Nc2nc(-c3ccccc3)oc2O)ccc1Cl. The van der Waals surface area contributed by atoms with Gasteiger partial charge in [-0.3, -0.25) is 0 Å². The molecule has 3 rings (SSSR count). The second-order valence-electron chi connectivity index (χ2n) is 5.90. The maximum atomic E-state index is 9.91. The van der Waals surface area contributed by atoms with Gasteiger partial charge in [0.2, 0.25) is 5.89 Å². The number of oxazole rings is 1. The quantitative estimate of drug-likeness (QED) is 0.357. The third-order valence-corrected chi connectivity index (χ3v) is 4.17. The van der Waals surface area contributed by atoms with Crippen molar-refractivity contribution in [1.82, 2.24) is 4.98 Å². The Bertz CT molecular complexity index is 910. The number of benzene rings is 2. The Morgan fingerprint density at radius 3 is 2.74 bits per heavy atom. The molecule has 0 unspecified atom stereocenters. The Labute approximate surface area is 162 Å². The van der Waals surface area contributed by atoms with Crippen molar-refractivity contribution in [2.75, 3.05) is 6.61 Å². The topological polar surface area (TPSA) is 80.2 Å². The van der Waals surface area contributed by atoms with E-state index in [1.807, 2.05) is 30.3 Å². The minimum absolute atomic E-state index is 0.0181. The minimum atomic E-state index is -0.380. The number of azo groups is 1.